The van der Waals surface area contributed by atoms with Gasteiger partial charge in [-0.2, -0.15) is 5.10 Å². The largest absolute Gasteiger partial charge is 0.497 e. The molecule has 2 aromatic carbocycles. The van der Waals surface area contributed by atoms with E-state index in [2.05, 4.69) is 65.2 Å². The van der Waals surface area contributed by atoms with E-state index in [4.69, 9.17) is 19.6 Å². The van der Waals surface area contributed by atoms with E-state index in [1.54, 1.807) is 7.11 Å². The number of pyridine rings is 1. The molecular weight excluding hydrogens is 478 g/mol. The Morgan fingerprint density at radius 2 is 1.84 bits per heavy atom. The van der Waals surface area contributed by atoms with Crippen molar-refractivity contribution < 1.29 is 9.47 Å². The summed E-state index contributed by atoms with van der Waals surface area (Å²) in [5.74, 6) is 2.01. The quantitative estimate of drug-likeness (QED) is 0.320. The van der Waals surface area contributed by atoms with E-state index in [0.29, 0.717) is 11.8 Å². The van der Waals surface area contributed by atoms with Crippen LogP contribution in [0.2, 0.25) is 0 Å². The minimum atomic E-state index is 0.166. The van der Waals surface area contributed by atoms with Crippen LogP contribution in [0.4, 0.5) is 17.5 Å². The Labute approximate surface area is 221 Å². The zero-order valence-electron chi connectivity index (χ0n) is 22.1. The van der Waals surface area contributed by atoms with E-state index in [9.17, 15) is 0 Å². The molecule has 0 unspecified atom stereocenters. The summed E-state index contributed by atoms with van der Waals surface area (Å²) < 4.78 is 13.0. The van der Waals surface area contributed by atoms with Gasteiger partial charge in [0.25, 0.3) is 0 Å². The van der Waals surface area contributed by atoms with E-state index < -0.39 is 0 Å². The summed E-state index contributed by atoms with van der Waals surface area (Å²) in [6, 6.07) is 12.6. The predicted octanol–water partition coefficient (Wildman–Crippen LogP) is 5.52. The molecule has 9 heteroatoms. The Kier molecular flexibility index (Phi) is 6.29. The molecule has 0 bridgehead atoms. The standard InChI is InChI=1S/C29H31N7O2/c1-18(2)36-28-25(17-32-36)24(20-11-19(3)12-23(13-20)37-4)14-21-15-31-29(34-27(21)28)33-26-6-5-22(16-30-26)35-7-9-38-10-8-35/h5-6,11-18H,7-10H2,1-4H3,(H,30,31,33,34). The number of aromatic nitrogens is 5. The molecule has 0 aliphatic carbocycles. The van der Waals surface area contributed by atoms with Crippen LogP contribution in [0.25, 0.3) is 32.9 Å². The second-order valence-corrected chi connectivity index (χ2v) is 9.87. The minimum Gasteiger partial charge on any atom is -0.497 e. The highest BCUT2D eigenvalue weighted by Gasteiger charge is 2.18. The van der Waals surface area contributed by atoms with Crippen LogP contribution in [-0.2, 0) is 4.74 Å². The van der Waals surface area contributed by atoms with Crippen LogP contribution in [0.3, 0.4) is 0 Å². The maximum Gasteiger partial charge on any atom is 0.228 e. The lowest BCUT2D eigenvalue weighted by atomic mass is 9.98. The normalized spacial score (nSPS) is 14.0. The molecule has 4 heterocycles. The zero-order valence-corrected chi connectivity index (χ0v) is 22.1. The molecule has 1 aliphatic rings. The first kappa shape index (κ1) is 24.1. The van der Waals surface area contributed by atoms with Crippen molar-refractivity contribution in [1.82, 2.24) is 24.7 Å². The summed E-state index contributed by atoms with van der Waals surface area (Å²) in [5.41, 5.74) is 6.19. The molecule has 0 spiro atoms. The minimum absolute atomic E-state index is 0.166. The third-order valence-electron chi connectivity index (χ3n) is 6.88. The van der Waals surface area contributed by atoms with Crippen LogP contribution < -0.4 is 15.0 Å². The van der Waals surface area contributed by atoms with E-state index in [-0.39, 0.29) is 6.04 Å². The van der Waals surface area contributed by atoms with Crippen molar-refractivity contribution in [1.29, 1.82) is 0 Å². The van der Waals surface area contributed by atoms with Crippen LogP contribution in [0.1, 0.15) is 25.5 Å². The summed E-state index contributed by atoms with van der Waals surface area (Å²) in [7, 11) is 1.69. The number of anilines is 3. The molecule has 0 radical (unpaired) electrons. The molecule has 0 atom stereocenters. The number of fused-ring (bicyclic) bond motifs is 3. The van der Waals surface area contributed by atoms with Crippen molar-refractivity contribution in [2.24, 2.45) is 0 Å². The fraction of sp³-hybridized carbons (Fsp3) is 0.310. The van der Waals surface area contributed by atoms with E-state index in [1.807, 2.05) is 35.4 Å². The topological polar surface area (TPSA) is 90.2 Å². The number of nitrogens with one attached hydrogen (secondary N) is 1. The van der Waals surface area contributed by atoms with E-state index in [1.165, 1.54) is 0 Å². The lowest BCUT2D eigenvalue weighted by Crippen LogP contribution is -2.36. The van der Waals surface area contributed by atoms with Gasteiger partial charge in [-0.1, -0.05) is 6.07 Å². The first-order valence-electron chi connectivity index (χ1n) is 12.9. The third-order valence-corrected chi connectivity index (χ3v) is 6.88. The van der Waals surface area contributed by atoms with Crippen molar-refractivity contribution in [3.63, 3.8) is 0 Å². The fourth-order valence-corrected chi connectivity index (χ4v) is 5.01. The van der Waals surface area contributed by atoms with Gasteiger partial charge in [-0.25, -0.2) is 15.0 Å². The molecular formula is C29H31N7O2. The van der Waals surface area contributed by atoms with Crippen LogP contribution in [-0.4, -0.2) is 58.1 Å². The van der Waals surface area contributed by atoms with Gasteiger partial charge in [0.05, 0.1) is 43.9 Å². The lowest BCUT2D eigenvalue weighted by Gasteiger charge is -2.28. The lowest BCUT2D eigenvalue weighted by molar-refractivity contribution is 0.122. The van der Waals surface area contributed by atoms with Crippen molar-refractivity contribution in [3.8, 4) is 16.9 Å². The van der Waals surface area contributed by atoms with Gasteiger partial charge in [0.15, 0.2) is 0 Å². The average Bonchev–Trinajstić information content (AvgIpc) is 3.39. The van der Waals surface area contributed by atoms with Crippen molar-refractivity contribution in [2.45, 2.75) is 26.8 Å². The summed E-state index contributed by atoms with van der Waals surface area (Å²) in [6.45, 7) is 9.56. The predicted molar refractivity (Wildman–Crippen MR) is 150 cm³/mol. The first-order valence-corrected chi connectivity index (χ1v) is 12.9. The molecule has 1 saturated heterocycles. The number of nitrogens with zero attached hydrogens (tertiary/aromatic N) is 6. The van der Waals surface area contributed by atoms with Crippen molar-refractivity contribution in [2.75, 3.05) is 43.6 Å². The number of methoxy groups -OCH3 is 1. The van der Waals surface area contributed by atoms with Gasteiger partial charge in [0.2, 0.25) is 5.95 Å². The number of rotatable bonds is 6. The van der Waals surface area contributed by atoms with Crippen LogP contribution in [0.5, 0.6) is 5.75 Å². The molecule has 9 nitrogen and oxygen atoms in total. The number of aryl methyl sites for hydroxylation is 1. The molecule has 1 aliphatic heterocycles. The smallest absolute Gasteiger partial charge is 0.228 e. The van der Waals surface area contributed by atoms with Crippen molar-refractivity contribution in [3.05, 3.63) is 60.6 Å². The summed E-state index contributed by atoms with van der Waals surface area (Å²) >= 11 is 0. The number of benzene rings is 2. The van der Waals surface area contributed by atoms with Crippen LogP contribution in [0, 0.1) is 6.92 Å². The second-order valence-electron chi connectivity index (χ2n) is 9.87. The van der Waals surface area contributed by atoms with E-state index >= 15 is 0 Å². The fourth-order valence-electron chi connectivity index (χ4n) is 5.01. The van der Waals surface area contributed by atoms with Crippen LogP contribution >= 0.6 is 0 Å². The van der Waals surface area contributed by atoms with Crippen LogP contribution in [0.15, 0.2) is 55.0 Å². The molecule has 5 aromatic rings. The van der Waals surface area contributed by atoms with Gasteiger partial charge >= 0.3 is 0 Å². The second kappa shape index (κ2) is 9.90. The average molecular weight is 510 g/mol. The number of hydrogen-bond donors (Lipinski definition) is 1. The molecule has 3 aromatic heterocycles. The van der Waals surface area contributed by atoms with E-state index in [0.717, 1.165) is 76.2 Å². The monoisotopic (exact) mass is 509 g/mol. The highest BCUT2D eigenvalue weighted by atomic mass is 16.5. The number of morpholine rings is 1. The third kappa shape index (κ3) is 4.50. The molecule has 38 heavy (non-hydrogen) atoms. The maximum absolute atomic E-state index is 5.55. The Balaban J connectivity index is 1.41. The van der Waals surface area contributed by atoms with Gasteiger partial charge < -0.3 is 19.7 Å². The maximum atomic E-state index is 5.55. The summed E-state index contributed by atoms with van der Waals surface area (Å²) in [5, 5.41) is 10.0. The van der Waals surface area contributed by atoms with Crippen molar-refractivity contribution >= 4 is 39.3 Å². The van der Waals surface area contributed by atoms with Gasteiger partial charge in [0, 0.05) is 36.1 Å². The van der Waals surface area contributed by atoms with Gasteiger partial charge in [-0.3, -0.25) is 4.68 Å². The molecule has 194 valence electrons. The Hall–Kier alpha value is -4.24. The highest BCUT2D eigenvalue weighted by Crippen LogP contribution is 2.37. The van der Waals surface area contributed by atoms with Gasteiger partial charge in [0.1, 0.15) is 17.1 Å². The summed E-state index contributed by atoms with van der Waals surface area (Å²) in [4.78, 5) is 16.4. The molecule has 6 rings (SSSR count). The Morgan fingerprint density at radius 3 is 2.58 bits per heavy atom. The van der Waals surface area contributed by atoms with Gasteiger partial charge in [-0.15, -0.1) is 0 Å². The first-order chi connectivity index (χ1) is 18.5. The molecule has 0 saturated carbocycles. The highest BCUT2D eigenvalue weighted by molar-refractivity contribution is 6.10. The molecule has 1 fully saturated rings. The molecule has 1 N–H and O–H groups in total. The SMILES string of the molecule is COc1cc(C)cc(-c2cc3cnc(Nc4ccc(N5CCOCC5)cn4)nc3c3c2cnn3C(C)C)c1. The zero-order chi connectivity index (χ0) is 26.2. The van der Waals surface area contributed by atoms with Gasteiger partial charge in [-0.05, 0) is 67.8 Å². The number of hydrogen-bond acceptors (Lipinski definition) is 8. The Bertz CT molecular complexity index is 1610. The molecule has 0 amide bonds. The Morgan fingerprint density at radius 1 is 1.00 bits per heavy atom. The summed E-state index contributed by atoms with van der Waals surface area (Å²) in [6.07, 6.45) is 5.67. The number of ether oxygens (including phenoxy) is 2.